The topological polar surface area (TPSA) is 63.6 Å². The lowest BCUT2D eigenvalue weighted by Gasteiger charge is -2.18. The van der Waals surface area contributed by atoms with Gasteiger partial charge in [-0.1, -0.05) is 13.3 Å². The van der Waals surface area contributed by atoms with Crippen LogP contribution in [0, 0.1) is 17.8 Å². The molecule has 0 bridgehead atoms. The number of hydrogen-bond acceptors (Lipinski definition) is 3. The molecule has 2 fully saturated rings. The van der Waals surface area contributed by atoms with E-state index in [1.807, 2.05) is 0 Å². The smallest absolute Gasteiger partial charge is 0.331 e. The minimum absolute atomic E-state index is 0.00380. The van der Waals surface area contributed by atoms with Crippen LogP contribution in [0.2, 0.25) is 0 Å². The molecule has 2 aliphatic rings. The van der Waals surface area contributed by atoms with Gasteiger partial charge >= 0.3 is 11.9 Å². The molecule has 94 valence electrons. The average molecular weight is 238 g/mol. The summed E-state index contributed by atoms with van der Waals surface area (Å²) < 4.78 is 5.33. The summed E-state index contributed by atoms with van der Waals surface area (Å²) in [7, 11) is 0. The number of aliphatic carboxylic acids is 1. The Morgan fingerprint density at radius 1 is 1.12 bits per heavy atom. The van der Waals surface area contributed by atoms with Crippen LogP contribution in [0.15, 0.2) is 12.2 Å². The maximum Gasteiger partial charge on any atom is 0.331 e. The molecule has 0 aromatic heterocycles. The van der Waals surface area contributed by atoms with Crippen molar-refractivity contribution in [2.45, 2.75) is 38.7 Å². The average Bonchev–Trinajstić information content (AvgIpc) is 2.81. The summed E-state index contributed by atoms with van der Waals surface area (Å²) >= 11 is 0. The molecule has 0 spiro atoms. The molecule has 4 atom stereocenters. The van der Waals surface area contributed by atoms with E-state index in [4.69, 9.17) is 9.84 Å². The van der Waals surface area contributed by atoms with Gasteiger partial charge in [0.2, 0.25) is 0 Å². The normalized spacial score (nSPS) is 36.1. The van der Waals surface area contributed by atoms with Crippen molar-refractivity contribution in [1.29, 1.82) is 0 Å². The van der Waals surface area contributed by atoms with Gasteiger partial charge < -0.3 is 9.84 Å². The second-order valence-corrected chi connectivity index (χ2v) is 5.11. The predicted molar refractivity (Wildman–Crippen MR) is 61.3 cm³/mol. The first-order chi connectivity index (χ1) is 8.08. The van der Waals surface area contributed by atoms with Crippen molar-refractivity contribution in [3.05, 3.63) is 12.2 Å². The van der Waals surface area contributed by atoms with Crippen LogP contribution < -0.4 is 0 Å². The molecule has 17 heavy (non-hydrogen) atoms. The Balaban J connectivity index is 1.88. The van der Waals surface area contributed by atoms with Crippen LogP contribution in [-0.2, 0) is 14.3 Å². The van der Waals surface area contributed by atoms with Crippen LogP contribution >= 0.6 is 0 Å². The van der Waals surface area contributed by atoms with Crippen LogP contribution in [0.1, 0.15) is 32.6 Å². The van der Waals surface area contributed by atoms with E-state index in [9.17, 15) is 9.59 Å². The van der Waals surface area contributed by atoms with E-state index in [0.29, 0.717) is 11.8 Å². The molecule has 0 aromatic rings. The fourth-order valence-corrected chi connectivity index (χ4v) is 3.31. The Morgan fingerprint density at radius 3 is 2.53 bits per heavy atom. The van der Waals surface area contributed by atoms with Gasteiger partial charge in [-0.15, -0.1) is 0 Å². The highest BCUT2D eigenvalue weighted by Crippen LogP contribution is 2.48. The van der Waals surface area contributed by atoms with E-state index in [1.165, 1.54) is 6.42 Å². The molecule has 0 radical (unpaired) electrons. The third-order valence-corrected chi connectivity index (χ3v) is 4.13. The molecular formula is C13H18O4. The Labute approximate surface area is 101 Å². The van der Waals surface area contributed by atoms with E-state index in [0.717, 1.165) is 37.3 Å². The fraction of sp³-hybridized carbons (Fsp3) is 0.692. The highest BCUT2D eigenvalue weighted by Gasteiger charge is 2.44. The predicted octanol–water partition coefficient (Wildman–Crippen LogP) is 2.00. The lowest BCUT2D eigenvalue weighted by molar-refractivity contribution is -0.145. The Hall–Kier alpha value is -1.32. The second-order valence-electron chi connectivity index (χ2n) is 5.11. The minimum Gasteiger partial charge on any atom is -0.478 e. The summed E-state index contributed by atoms with van der Waals surface area (Å²) in [6.45, 7) is 2.26. The van der Waals surface area contributed by atoms with Gasteiger partial charge in [0.1, 0.15) is 6.10 Å². The highest BCUT2D eigenvalue weighted by molar-refractivity contribution is 5.90. The zero-order valence-electron chi connectivity index (χ0n) is 9.96. The maximum absolute atomic E-state index is 11.4. The van der Waals surface area contributed by atoms with E-state index in [-0.39, 0.29) is 6.10 Å². The summed E-state index contributed by atoms with van der Waals surface area (Å²) in [6.07, 6.45) is 6.22. The summed E-state index contributed by atoms with van der Waals surface area (Å²) in [5.41, 5.74) is 0. The van der Waals surface area contributed by atoms with Crippen LogP contribution in [0.4, 0.5) is 0 Å². The monoisotopic (exact) mass is 238 g/mol. The van der Waals surface area contributed by atoms with Gasteiger partial charge in [0.05, 0.1) is 0 Å². The molecule has 2 rings (SSSR count). The largest absolute Gasteiger partial charge is 0.478 e. The SMILES string of the molecule is C[C@H]1CC[C@H]2[C@@H]1CC[C@H]2OC(=O)/C=C\C(=O)O. The van der Waals surface area contributed by atoms with Gasteiger partial charge in [0.25, 0.3) is 0 Å². The van der Waals surface area contributed by atoms with Crippen molar-refractivity contribution >= 4 is 11.9 Å². The molecule has 0 heterocycles. The number of carboxylic acid groups (broad SMARTS) is 1. The molecule has 2 saturated carbocycles. The molecule has 2 aliphatic carbocycles. The lowest BCUT2D eigenvalue weighted by atomic mass is 9.93. The molecule has 0 aliphatic heterocycles. The summed E-state index contributed by atoms with van der Waals surface area (Å²) in [5, 5.41) is 8.41. The highest BCUT2D eigenvalue weighted by atomic mass is 16.5. The van der Waals surface area contributed by atoms with Crippen molar-refractivity contribution in [2.24, 2.45) is 17.8 Å². The number of fused-ring (bicyclic) bond motifs is 1. The lowest BCUT2D eigenvalue weighted by Crippen LogP contribution is -2.22. The fourth-order valence-electron chi connectivity index (χ4n) is 3.31. The van der Waals surface area contributed by atoms with Gasteiger partial charge in [-0.25, -0.2) is 9.59 Å². The molecule has 4 nitrogen and oxygen atoms in total. The molecule has 0 aromatic carbocycles. The van der Waals surface area contributed by atoms with Crippen molar-refractivity contribution < 1.29 is 19.4 Å². The maximum atomic E-state index is 11.4. The van der Waals surface area contributed by atoms with Crippen LogP contribution in [0.5, 0.6) is 0 Å². The van der Waals surface area contributed by atoms with E-state index in [2.05, 4.69) is 6.92 Å². The molecule has 0 unspecified atom stereocenters. The van der Waals surface area contributed by atoms with Gasteiger partial charge in [-0.2, -0.15) is 0 Å². The van der Waals surface area contributed by atoms with Crippen molar-refractivity contribution in [3.8, 4) is 0 Å². The third-order valence-electron chi connectivity index (χ3n) is 4.13. The van der Waals surface area contributed by atoms with Gasteiger partial charge in [0, 0.05) is 12.2 Å². The summed E-state index contributed by atoms with van der Waals surface area (Å²) in [5.74, 6) is 0.264. The first kappa shape index (κ1) is 12.1. The number of esters is 1. The molecule has 4 heteroatoms. The van der Waals surface area contributed by atoms with Crippen molar-refractivity contribution in [2.75, 3.05) is 0 Å². The quantitative estimate of drug-likeness (QED) is 0.603. The van der Waals surface area contributed by atoms with Crippen molar-refractivity contribution in [1.82, 2.24) is 0 Å². The van der Waals surface area contributed by atoms with Crippen LogP contribution in [0.25, 0.3) is 0 Å². The molecule has 0 amide bonds. The minimum atomic E-state index is -1.12. The van der Waals surface area contributed by atoms with Crippen LogP contribution in [0.3, 0.4) is 0 Å². The zero-order valence-corrected chi connectivity index (χ0v) is 9.96. The van der Waals surface area contributed by atoms with Gasteiger partial charge in [-0.05, 0) is 37.0 Å². The number of carboxylic acids is 1. The number of carbonyl (C=O) groups is 2. The van der Waals surface area contributed by atoms with Gasteiger partial charge in [-0.3, -0.25) is 0 Å². The Kier molecular flexibility index (Phi) is 3.50. The standard InChI is InChI=1S/C13H18O4/c1-8-2-3-10-9(8)4-5-11(10)17-13(16)7-6-12(14)15/h6-11H,2-5H2,1H3,(H,14,15)/b7-6-/t8-,9+,10-,11+/m0/s1. The Morgan fingerprint density at radius 2 is 1.82 bits per heavy atom. The molecule has 0 saturated heterocycles. The second kappa shape index (κ2) is 4.90. The zero-order chi connectivity index (χ0) is 12.4. The number of carbonyl (C=O) groups excluding carboxylic acids is 1. The van der Waals surface area contributed by atoms with Crippen LogP contribution in [-0.4, -0.2) is 23.1 Å². The van der Waals surface area contributed by atoms with Crippen molar-refractivity contribution in [3.63, 3.8) is 0 Å². The number of rotatable bonds is 3. The number of ether oxygens (including phenoxy) is 1. The molecular weight excluding hydrogens is 220 g/mol. The van der Waals surface area contributed by atoms with E-state index in [1.54, 1.807) is 0 Å². The Bertz CT molecular complexity index is 347. The first-order valence-corrected chi connectivity index (χ1v) is 6.19. The molecule has 1 N–H and O–H groups in total. The summed E-state index contributed by atoms with van der Waals surface area (Å²) in [6, 6.07) is 0. The third kappa shape index (κ3) is 2.68. The number of hydrogen-bond donors (Lipinski definition) is 1. The van der Waals surface area contributed by atoms with E-state index >= 15 is 0 Å². The van der Waals surface area contributed by atoms with E-state index < -0.39 is 11.9 Å². The first-order valence-electron chi connectivity index (χ1n) is 6.19. The summed E-state index contributed by atoms with van der Waals surface area (Å²) in [4.78, 5) is 21.7. The van der Waals surface area contributed by atoms with Gasteiger partial charge in [0.15, 0.2) is 0 Å².